The topological polar surface area (TPSA) is 29.5 Å². The van der Waals surface area contributed by atoms with Crippen LogP contribution in [0.3, 0.4) is 0 Å². The fraction of sp³-hybridized carbons (Fsp3) is 0.778. The number of ether oxygens (including phenoxy) is 1. The van der Waals surface area contributed by atoms with E-state index in [1.807, 2.05) is 19.9 Å². The van der Waals surface area contributed by atoms with Crippen LogP contribution in [0.25, 0.3) is 0 Å². The summed E-state index contributed by atoms with van der Waals surface area (Å²) < 4.78 is 5.22. The molecule has 2 nitrogen and oxygen atoms in total. The van der Waals surface area contributed by atoms with Crippen molar-refractivity contribution in [3.8, 4) is 0 Å². The highest BCUT2D eigenvalue weighted by Crippen LogP contribution is 1.92. The van der Waals surface area contributed by atoms with E-state index in [1.165, 1.54) is 5.57 Å². The van der Waals surface area contributed by atoms with E-state index in [0.29, 0.717) is 13.2 Å². The van der Waals surface area contributed by atoms with Crippen LogP contribution in [-0.2, 0) is 4.74 Å². The van der Waals surface area contributed by atoms with Gasteiger partial charge in [0, 0.05) is 6.61 Å². The zero-order chi connectivity index (χ0) is 8.69. The maximum Gasteiger partial charge on any atom is 0.0649 e. The molecule has 0 radical (unpaired) electrons. The lowest BCUT2D eigenvalue weighted by molar-refractivity contribution is 0.104. The van der Waals surface area contributed by atoms with Crippen molar-refractivity contribution >= 4 is 0 Å². The third kappa shape index (κ3) is 9.66. The molecule has 0 aromatic heterocycles. The van der Waals surface area contributed by atoms with Crippen molar-refractivity contribution < 1.29 is 9.84 Å². The predicted molar refractivity (Wildman–Crippen MR) is 46.5 cm³/mol. The average Bonchev–Trinajstić information content (AvgIpc) is 1.85. The van der Waals surface area contributed by atoms with Crippen molar-refractivity contribution in [2.24, 2.45) is 0 Å². The number of aliphatic hydroxyl groups excluding tert-OH is 1. The van der Waals surface area contributed by atoms with E-state index in [1.54, 1.807) is 6.92 Å². The molecule has 0 fully saturated rings. The molecule has 0 saturated heterocycles. The van der Waals surface area contributed by atoms with Crippen molar-refractivity contribution in [1.29, 1.82) is 0 Å². The van der Waals surface area contributed by atoms with Gasteiger partial charge in [-0.15, -0.1) is 0 Å². The Labute approximate surface area is 68.9 Å². The smallest absolute Gasteiger partial charge is 0.0649 e. The standard InChI is InChI=1S/C9H18O2/c1-8(2)4-6-11-7-5-9(3)10/h4,9-10H,5-7H2,1-3H3. The normalized spacial score (nSPS) is 12.7. The van der Waals surface area contributed by atoms with Gasteiger partial charge in [-0.25, -0.2) is 0 Å². The summed E-state index contributed by atoms with van der Waals surface area (Å²) in [7, 11) is 0. The first-order valence-corrected chi connectivity index (χ1v) is 4.02. The first kappa shape index (κ1) is 10.7. The summed E-state index contributed by atoms with van der Waals surface area (Å²) in [6.07, 6.45) is 2.50. The van der Waals surface area contributed by atoms with Crippen LogP contribution in [0.5, 0.6) is 0 Å². The van der Waals surface area contributed by atoms with E-state index in [-0.39, 0.29) is 6.10 Å². The molecule has 0 spiro atoms. The van der Waals surface area contributed by atoms with Gasteiger partial charge in [0.15, 0.2) is 0 Å². The lowest BCUT2D eigenvalue weighted by Crippen LogP contribution is -2.05. The van der Waals surface area contributed by atoms with Gasteiger partial charge < -0.3 is 9.84 Å². The first-order valence-electron chi connectivity index (χ1n) is 4.02. The summed E-state index contributed by atoms with van der Waals surface area (Å²) in [5.41, 5.74) is 1.27. The molecule has 0 saturated carbocycles. The molecular weight excluding hydrogens is 140 g/mol. The van der Waals surface area contributed by atoms with Crippen LogP contribution < -0.4 is 0 Å². The molecule has 0 amide bonds. The summed E-state index contributed by atoms with van der Waals surface area (Å²) in [5, 5.41) is 8.87. The van der Waals surface area contributed by atoms with E-state index >= 15 is 0 Å². The Hall–Kier alpha value is -0.340. The van der Waals surface area contributed by atoms with Crippen molar-refractivity contribution in [1.82, 2.24) is 0 Å². The van der Waals surface area contributed by atoms with Gasteiger partial charge in [-0.05, 0) is 27.2 Å². The van der Waals surface area contributed by atoms with Crippen LogP contribution in [0, 0.1) is 0 Å². The van der Waals surface area contributed by atoms with Gasteiger partial charge in [0.25, 0.3) is 0 Å². The van der Waals surface area contributed by atoms with Gasteiger partial charge in [-0.1, -0.05) is 11.6 Å². The van der Waals surface area contributed by atoms with E-state index in [2.05, 4.69) is 0 Å². The molecule has 2 heteroatoms. The van der Waals surface area contributed by atoms with Crippen molar-refractivity contribution in [2.75, 3.05) is 13.2 Å². The highest BCUT2D eigenvalue weighted by molar-refractivity contribution is 4.92. The third-order valence-electron chi connectivity index (χ3n) is 1.29. The van der Waals surface area contributed by atoms with Crippen LogP contribution in [0.2, 0.25) is 0 Å². The number of aliphatic hydroxyl groups is 1. The molecule has 0 aliphatic rings. The predicted octanol–water partition coefficient (Wildman–Crippen LogP) is 1.74. The van der Waals surface area contributed by atoms with Crippen molar-refractivity contribution in [3.05, 3.63) is 11.6 Å². The fourth-order valence-corrected chi connectivity index (χ4v) is 0.563. The lowest BCUT2D eigenvalue weighted by atomic mass is 10.3. The number of hydrogen-bond acceptors (Lipinski definition) is 2. The molecule has 11 heavy (non-hydrogen) atoms. The Bertz CT molecular complexity index is 113. The SMILES string of the molecule is CC(C)=CCOCCC(C)O. The van der Waals surface area contributed by atoms with Crippen LogP contribution in [0.4, 0.5) is 0 Å². The van der Waals surface area contributed by atoms with Gasteiger partial charge in [0.1, 0.15) is 0 Å². The molecular formula is C9H18O2. The zero-order valence-corrected chi connectivity index (χ0v) is 7.63. The molecule has 1 N–H and O–H groups in total. The summed E-state index contributed by atoms with van der Waals surface area (Å²) in [6.45, 7) is 7.15. The Morgan fingerprint density at radius 1 is 1.55 bits per heavy atom. The third-order valence-corrected chi connectivity index (χ3v) is 1.29. The Balaban J connectivity index is 3.09. The molecule has 0 rings (SSSR count). The largest absolute Gasteiger partial charge is 0.393 e. The summed E-state index contributed by atoms with van der Waals surface area (Å²) in [6, 6.07) is 0. The van der Waals surface area contributed by atoms with E-state index in [0.717, 1.165) is 6.42 Å². The van der Waals surface area contributed by atoms with Crippen LogP contribution in [0.15, 0.2) is 11.6 Å². The molecule has 66 valence electrons. The van der Waals surface area contributed by atoms with E-state index < -0.39 is 0 Å². The molecule has 0 aromatic rings. The Morgan fingerprint density at radius 3 is 2.64 bits per heavy atom. The molecule has 1 atom stereocenters. The highest BCUT2D eigenvalue weighted by Gasteiger charge is 1.93. The zero-order valence-electron chi connectivity index (χ0n) is 7.63. The summed E-state index contributed by atoms with van der Waals surface area (Å²) in [4.78, 5) is 0. The lowest BCUT2D eigenvalue weighted by Gasteiger charge is -2.03. The number of hydrogen-bond donors (Lipinski definition) is 1. The fourth-order valence-electron chi connectivity index (χ4n) is 0.563. The second kappa shape index (κ2) is 6.38. The minimum Gasteiger partial charge on any atom is -0.393 e. The first-order chi connectivity index (χ1) is 5.13. The van der Waals surface area contributed by atoms with Crippen LogP contribution in [0.1, 0.15) is 27.2 Å². The molecule has 0 aliphatic carbocycles. The summed E-state index contributed by atoms with van der Waals surface area (Å²) in [5.74, 6) is 0. The highest BCUT2D eigenvalue weighted by atomic mass is 16.5. The van der Waals surface area contributed by atoms with Gasteiger partial charge in [-0.2, -0.15) is 0 Å². The Morgan fingerprint density at radius 2 is 2.18 bits per heavy atom. The minimum absolute atomic E-state index is 0.248. The van der Waals surface area contributed by atoms with Crippen molar-refractivity contribution in [2.45, 2.75) is 33.3 Å². The molecule has 0 aliphatic heterocycles. The van der Waals surface area contributed by atoms with Crippen LogP contribution >= 0.6 is 0 Å². The second-order valence-corrected chi connectivity index (χ2v) is 2.99. The number of rotatable bonds is 5. The van der Waals surface area contributed by atoms with E-state index in [9.17, 15) is 0 Å². The van der Waals surface area contributed by atoms with Crippen molar-refractivity contribution in [3.63, 3.8) is 0 Å². The maximum absolute atomic E-state index is 8.87. The molecule has 0 aromatic carbocycles. The van der Waals surface area contributed by atoms with Crippen LogP contribution in [-0.4, -0.2) is 24.4 Å². The van der Waals surface area contributed by atoms with Gasteiger partial charge in [0.05, 0.1) is 12.7 Å². The van der Waals surface area contributed by atoms with Gasteiger partial charge in [-0.3, -0.25) is 0 Å². The number of allylic oxidation sites excluding steroid dienone is 1. The monoisotopic (exact) mass is 158 g/mol. The maximum atomic E-state index is 8.87. The quantitative estimate of drug-likeness (QED) is 0.488. The summed E-state index contributed by atoms with van der Waals surface area (Å²) >= 11 is 0. The molecule has 0 bridgehead atoms. The van der Waals surface area contributed by atoms with Gasteiger partial charge >= 0.3 is 0 Å². The Kier molecular flexibility index (Phi) is 6.18. The average molecular weight is 158 g/mol. The second-order valence-electron chi connectivity index (χ2n) is 2.99. The van der Waals surface area contributed by atoms with Gasteiger partial charge in [0.2, 0.25) is 0 Å². The minimum atomic E-state index is -0.248. The molecule has 0 heterocycles. The molecule has 1 unspecified atom stereocenters. The van der Waals surface area contributed by atoms with E-state index in [4.69, 9.17) is 9.84 Å².